The van der Waals surface area contributed by atoms with Gasteiger partial charge in [-0.2, -0.15) is 0 Å². The van der Waals surface area contributed by atoms with Gasteiger partial charge in [-0.25, -0.2) is 9.69 Å². The molecule has 2 saturated heterocycles. The van der Waals surface area contributed by atoms with Gasteiger partial charge in [0.05, 0.1) is 17.5 Å². The van der Waals surface area contributed by atoms with Crippen LogP contribution in [0, 0.1) is 17.8 Å². The number of hydrogen-bond acceptors (Lipinski definition) is 7. The number of imide groups is 2. The smallest absolute Gasteiger partial charge is 0.339 e. The van der Waals surface area contributed by atoms with Gasteiger partial charge in [0.2, 0.25) is 11.8 Å². The monoisotopic (exact) mass is 634 g/mol. The highest BCUT2D eigenvalue weighted by Gasteiger charge is 2.76. The zero-order valence-electron chi connectivity index (χ0n) is 23.0. The molecule has 224 valence electrons. The molecule has 10 nitrogen and oxygen atoms in total. The fraction of sp³-hybridized carbons (Fsp3) is 0.281. The number of rotatable bonds is 3. The van der Waals surface area contributed by atoms with E-state index in [1.807, 2.05) is 0 Å². The van der Waals surface area contributed by atoms with Crippen LogP contribution in [0.2, 0.25) is 0 Å². The molecular weight excluding hydrogens is 611 g/mol. The molecule has 6 atom stereocenters. The number of fused-ring (bicyclic) bond motifs is 5. The Balaban J connectivity index is 1.40. The Labute approximate surface area is 260 Å². The third-order valence-corrected chi connectivity index (χ3v) is 11.1. The van der Waals surface area contributed by atoms with Gasteiger partial charge in [0.1, 0.15) is 17.1 Å². The Kier molecular flexibility index (Phi) is 5.99. The SMILES string of the molecule is CN1C(=O)[C@]2(Cl)C[C@@H]3C(=CC[C@@H]4C(=O)N(c5ccc(C(=O)O)c(O)c5)C(=O)[C@@H]43)[C@H](c3ccc(O)c4ccccc34)[C@]2(Cl)C1=O. The van der Waals surface area contributed by atoms with E-state index < -0.39 is 68.8 Å². The van der Waals surface area contributed by atoms with Crippen LogP contribution in [0.3, 0.4) is 0 Å². The third kappa shape index (κ3) is 3.40. The number of carboxylic acid groups (broad SMARTS) is 1. The van der Waals surface area contributed by atoms with Crippen LogP contribution in [0.15, 0.2) is 66.2 Å². The summed E-state index contributed by atoms with van der Waals surface area (Å²) in [5.41, 5.74) is 0.750. The van der Waals surface area contributed by atoms with Gasteiger partial charge in [0.15, 0.2) is 9.75 Å². The van der Waals surface area contributed by atoms with Crippen molar-refractivity contribution in [2.45, 2.75) is 28.5 Å². The van der Waals surface area contributed by atoms with Crippen molar-refractivity contribution in [2.24, 2.45) is 17.8 Å². The lowest BCUT2D eigenvalue weighted by atomic mass is 9.56. The number of aromatic carboxylic acids is 1. The van der Waals surface area contributed by atoms with Crippen LogP contribution in [0.4, 0.5) is 5.69 Å². The van der Waals surface area contributed by atoms with E-state index in [-0.39, 0.29) is 29.8 Å². The van der Waals surface area contributed by atoms with Crippen molar-refractivity contribution in [3.63, 3.8) is 0 Å². The summed E-state index contributed by atoms with van der Waals surface area (Å²) >= 11 is 14.5. The summed E-state index contributed by atoms with van der Waals surface area (Å²) in [6, 6.07) is 13.5. The molecular formula is C32H24Cl2N2O8. The highest BCUT2D eigenvalue weighted by atomic mass is 35.5. The molecule has 3 aromatic rings. The van der Waals surface area contributed by atoms with E-state index >= 15 is 0 Å². The molecule has 7 rings (SSSR count). The summed E-state index contributed by atoms with van der Waals surface area (Å²) < 4.78 is 0. The van der Waals surface area contributed by atoms with E-state index in [0.29, 0.717) is 21.9 Å². The minimum absolute atomic E-state index is 0.00507. The number of carboxylic acids is 1. The fourth-order valence-electron chi connectivity index (χ4n) is 7.74. The van der Waals surface area contributed by atoms with E-state index in [0.717, 1.165) is 21.9 Å². The topological polar surface area (TPSA) is 153 Å². The van der Waals surface area contributed by atoms with Crippen LogP contribution < -0.4 is 4.90 Å². The minimum Gasteiger partial charge on any atom is -0.507 e. The number of hydrogen-bond donors (Lipinski definition) is 3. The number of carbonyl (C=O) groups is 5. The molecule has 12 heteroatoms. The minimum atomic E-state index is -1.97. The van der Waals surface area contributed by atoms with Gasteiger partial charge in [-0.05, 0) is 47.9 Å². The molecule has 44 heavy (non-hydrogen) atoms. The predicted molar refractivity (Wildman–Crippen MR) is 159 cm³/mol. The van der Waals surface area contributed by atoms with Gasteiger partial charge >= 0.3 is 5.97 Å². The van der Waals surface area contributed by atoms with Crippen molar-refractivity contribution >= 4 is 69.3 Å². The van der Waals surface area contributed by atoms with Crippen LogP contribution >= 0.6 is 23.2 Å². The summed E-state index contributed by atoms with van der Waals surface area (Å²) in [5, 5.41) is 31.3. The first-order chi connectivity index (χ1) is 20.8. The number of likely N-dealkylation sites (tertiary alicyclic amines) is 1. The second kappa shape index (κ2) is 9.30. The highest BCUT2D eigenvalue weighted by Crippen LogP contribution is 2.66. The maximum absolute atomic E-state index is 14.1. The van der Waals surface area contributed by atoms with Gasteiger partial charge in [-0.1, -0.05) is 42.0 Å². The summed E-state index contributed by atoms with van der Waals surface area (Å²) in [6.45, 7) is 0. The van der Waals surface area contributed by atoms with E-state index in [1.165, 1.54) is 19.2 Å². The quantitative estimate of drug-likeness (QED) is 0.221. The van der Waals surface area contributed by atoms with Crippen LogP contribution in [0.5, 0.6) is 11.5 Å². The first-order valence-corrected chi connectivity index (χ1v) is 14.6. The van der Waals surface area contributed by atoms with Gasteiger partial charge in [0, 0.05) is 24.4 Å². The molecule has 2 aliphatic heterocycles. The van der Waals surface area contributed by atoms with Crippen molar-refractivity contribution in [3.8, 4) is 11.5 Å². The first kappa shape index (κ1) is 28.4. The molecule has 0 radical (unpaired) electrons. The molecule has 3 fully saturated rings. The average molecular weight is 635 g/mol. The average Bonchev–Trinajstić information content (AvgIpc) is 3.32. The molecule has 2 heterocycles. The number of anilines is 1. The number of phenolic OH excluding ortho intramolecular Hbond substituents is 1. The number of phenols is 2. The van der Waals surface area contributed by atoms with Crippen LogP contribution in [0.25, 0.3) is 10.8 Å². The first-order valence-electron chi connectivity index (χ1n) is 13.9. The molecule has 4 amide bonds. The Morgan fingerprint density at radius 1 is 0.886 bits per heavy atom. The number of aromatic hydroxyl groups is 2. The number of halogens is 2. The lowest BCUT2D eigenvalue weighted by Crippen LogP contribution is -2.60. The second-order valence-electron chi connectivity index (χ2n) is 11.7. The summed E-state index contributed by atoms with van der Waals surface area (Å²) in [6.07, 6.45) is 1.74. The van der Waals surface area contributed by atoms with Crippen molar-refractivity contribution < 1.29 is 39.3 Å². The fourth-order valence-corrected chi connectivity index (χ4v) is 8.75. The third-order valence-electron chi connectivity index (χ3n) is 9.73. The zero-order valence-corrected chi connectivity index (χ0v) is 24.5. The number of nitrogens with zero attached hydrogens (tertiary/aromatic N) is 2. The van der Waals surface area contributed by atoms with Gasteiger partial charge in [-0.3, -0.25) is 24.1 Å². The van der Waals surface area contributed by atoms with Gasteiger partial charge in [-0.15, -0.1) is 23.2 Å². The molecule has 4 aliphatic rings. The molecule has 0 unspecified atom stereocenters. The lowest BCUT2D eigenvalue weighted by Gasteiger charge is -2.51. The highest BCUT2D eigenvalue weighted by molar-refractivity contribution is 6.53. The summed E-state index contributed by atoms with van der Waals surface area (Å²) in [4.78, 5) is 64.7. The van der Waals surface area contributed by atoms with E-state index in [4.69, 9.17) is 23.2 Å². The number of allylic oxidation sites excluding steroid dienone is 2. The standard InChI is InChI=1S/C32H24Cl2N2O8/c1-35-29(43)31(33)13-21-18(25(32(31,34)30(35)44)17-10-11-22(37)16-5-3-2-4-15(16)17)8-9-20-24(21)27(40)36(26(20)39)14-6-7-19(28(41)42)23(38)12-14/h2-8,10-12,20-21,24-25,37-38H,9,13H2,1H3,(H,41,42)/t20-,21+,24-,25-,31+,32-/m0/s1. The molecule has 2 aliphatic carbocycles. The van der Waals surface area contributed by atoms with Crippen LogP contribution in [-0.2, 0) is 19.2 Å². The van der Waals surface area contributed by atoms with Crippen molar-refractivity contribution in [3.05, 3.63) is 77.4 Å². The van der Waals surface area contributed by atoms with Gasteiger partial charge in [0.25, 0.3) is 11.8 Å². The predicted octanol–water partition coefficient (Wildman–Crippen LogP) is 4.14. The number of alkyl halides is 2. The largest absolute Gasteiger partial charge is 0.507 e. The molecule has 0 aromatic heterocycles. The van der Waals surface area contributed by atoms with Crippen molar-refractivity contribution in [1.29, 1.82) is 0 Å². The van der Waals surface area contributed by atoms with E-state index in [2.05, 4.69) is 0 Å². The van der Waals surface area contributed by atoms with E-state index in [9.17, 15) is 39.3 Å². The number of amides is 4. The molecule has 3 N–H and O–H groups in total. The Morgan fingerprint density at radius 2 is 1.59 bits per heavy atom. The Morgan fingerprint density at radius 3 is 2.27 bits per heavy atom. The molecule has 3 aromatic carbocycles. The summed E-state index contributed by atoms with van der Waals surface area (Å²) in [5.74, 6) is -8.08. The van der Waals surface area contributed by atoms with Crippen LogP contribution in [-0.4, -0.2) is 66.6 Å². The Hall–Kier alpha value is -4.41. The summed E-state index contributed by atoms with van der Waals surface area (Å²) in [7, 11) is 1.31. The second-order valence-corrected chi connectivity index (χ2v) is 13.0. The lowest BCUT2D eigenvalue weighted by molar-refractivity contribution is -0.138. The molecule has 0 bridgehead atoms. The maximum Gasteiger partial charge on any atom is 0.339 e. The maximum atomic E-state index is 14.1. The van der Waals surface area contributed by atoms with E-state index in [1.54, 1.807) is 36.4 Å². The number of carbonyl (C=O) groups excluding carboxylic acids is 4. The normalized spacial score (nSPS) is 31.2. The Bertz CT molecular complexity index is 1910. The zero-order chi connectivity index (χ0) is 31.5. The van der Waals surface area contributed by atoms with Gasteiger partial charge < -0.3 is 15.3 Å². The molecule has 0 spiro atoms. The van der Waals surface area contributed by atoms with Crippen LogP contribution in [0.1, 0.15) is 34.7 Å². The number of benzene rings is 3. The van der Waals surface area contributed by atoms with Crippen molar-refractivity contribution in [1.82, 2.24) is 4.90 Å². The molecule has 1 saturated carbocycles. The van der Waals surface area contributed by atoms with Crippen molar-refractivity contribution in [2.75, 3.05) is 11.9 Å².